The Morgan fingerprint density at radius 3 is 2.27 bits per heavy atom. The van der Waals surface area contributed by atoms with Crippen molar-refractivity contribution in [2.45, 2.75) is 65.2 Å². The zero-order chi connectivity index (χ0) is 11.5. The molecule has 0 spiro atoms. The summed E-state index contributed by atoms with van der Waals surface area (Å²) in [6.45, 7) is 4.49. The van der Waals surface area contributed by atoms with Crippen LogP contribution in [0.1, 0.15) is 65.2 Å². The Hall–Kier alpha value is -0.530. The lowest BCUT2D eigenvalue weighted by atomic mass is 9.92. The number of carbonyl (C=O) groups is 1. The van der Waals surface area contributed by atoms with Crippen molar-refractivity contribution in [1.29, 1.82) is 0 Å². The summed E-state index contributed by atoms with van der Waals surface area (Å²) in [5, 5.41) is 2.67. The maximum atomic E-state index is 11.1. The molecule has 0 heterocycles. The number of nitrogens with one attached hydrogen (secondary N) is 1. The number of hydrogen-bond acceptors (Lipinski definition) is 1. The molecule has 0 radical (unpaired) electrons. The van der Waals surface area contributed by atoms with Gasteiger partial charge in [-0.3, -0.25) is 4.79 Å². The Kier molecular flexibility index (Phi) is 9.65. The molecule has 0 saturated heterocycles. The van der Waals surface area contributed by atoms with Crippen LogP contribution in [-0.2, 0) is 4.79 Å². The van der Waals surface area contributed by atoms with Crippen molar-refractivity contribution in [2.24, 2.45) is 5.92 Å². The van der Waals surface area contributed by atoms with Crippen molar-refractivity contribution in [3.8, 4) is 0 Å². The van der Waals surface area contributed by atoms with Crippen LogP contribution in [0.5, 0.6) is 0 Å². The fourth-order valence-corrected chi connectivity index (χ4v) is 2.01. The summed E-state index contributed by atoms with van der Waals surface area (Å²) in [6.07, 6.45) is 9.54. The second-order valence-electron chi connectivity index (χ2n) is 4.36. The standard InChI is InChI=1S/C13H27NO/c1-4-6-9-12(8-5-2)10-7-11-13(15)14-3/h12H,4-11H2,1-3H3,(H,14,15). The first-order chi connectivity index (χ1) is 7.24. The molecule has 0 aromatic carbocycles. The van der Waals surface area contributed by atoms with Crippen LogP contribution >= 0.6 is 0 Å². The lowest BCUT2D eigenvalue weighted by molar-refractivity contribution is -0.120. The van der Waals surface area contributed by atoms with Gasteiger partial charge in [-0.05, 0) is 18.8 Å². The molecule has 0 aliphatic heterocycles. The molecule has 0 aliphatic carbocycles. The Morgan fingerprint density at radius 2 is 1.73 bits per heavy atom. The third-order valence-electron chi connectivity index (χ3n) is 2.96. The van der Waals surface area contributed by atoms with Crippen molar-refractivity contribution in [3.05, 3.63) is 0 Å². The molecule has 2 nitrogen and oxygen atoms in total. The summed E-state index contributed by atoms with van der Waals surface area (Å²) < 4.78 is 0. The van der Waals surface area contributed by atoms with Crippen LogP contribution in [0.25, 0.3) is 0 Å². The van der Waals surface area contributed by atoms with E-state index in [-0.39, 0.29) is 5.91 Å². The zero-order valence-corrected chi connectivity index (χ0v) is 10.6. The van der Waals surface area contributed by atoms with Gasteiger partial charge in [0.2, 0.25) is 5.91 Å². The van der Waals surface area contributed by atoms with Crippen LogP contribution in [0.3, 0.4) is 0 Å². The van der Waals surface area contributed by atoms with E-state index in [0.29, 0.717) is 6.42 Å². The minimum Gasteiger partial charge on any atom is -0.359 e. The summed E-state index contributed by atoms with van der Waals surface area (Å²) in [4.78, 5) is 11.1. The second kappa shape index (κ2) is 10.0. The molecule has 0 fully saturated rings. The van der Waals surface area contributed by atoms with Gasteiger partial charge in [-0.2, -0.15) is 0 Å². The molecule has 0 rings (SSSR count). The molecule has 0 aromatic rings. The maximum absolute atomic E-state index is 11.1. The monoisotopic (exact) mass is 213 g/mol. The second-order valence-corrected chi connectivity index (χ2v) is 4.36. The van der Waals surface area contributed by atoms with Crippen LogP contribution in [0.2, 0.25) is 0 Å². The Labute approximate surface area is 94.8 Å². The molecule has 90 valence electrons. The van der Waals surface area contributed by atoms with E-state index in [2.05, 4.69) is 19.2 Å². The molecular formula is C13H27NO. The predicted molar refractivity (Wildman–Crippen MR) is 65.8 cm³/mol. The van der Waals surface area contributed by atoms with Gasteiger partial charge >= 0.3 is 0 Å². The minimum atomic E-state index is 0.181. The zero-order valence-electron chi connectivity index (χ0n) is 10.6. The van der Waals surface area contributed by atoms with Gasteiger partial charge in [0, 0.05) is 13.5 Å². The lowest BCUT2D eigenvalue weighted by Gasteiger charge is -2.15. The van der Waals surface area contributed by atoms with Crippen molar-refractivity contribution >= 4 is 5.91 Å². The summed E-state index contributed by atoms with van der Waals surface area (Å²) >= 11 is 0. The third-order valence-corrected chi connectivity index (χ3v) is 2.96. The highest BCUT2D eigenvalue weighted by Gasteiger charge is 2.08. The van der Waals surface area contributed by atoms with E-state index in [9.17, 15) is 4.79 Å². The Balaban J connectivity index is 3.60. The van der Waals surface area contributed by atoms with E-state index >= 15 is 0 Å². The summed E-state index contributed by atoms with van der Waals surface area (Å²) in [5.41, 5.74) is 0. The predicted octanol–water partition coefficient (Wildman–Crippen LogP) is 3.51. The number of amides is 1. The molecule has 0 saturated carbocycles. The van der Waals surface area contributed by atoms with Gasteiger partial charge in [-0.25, -0.2) is 0 Å². The van der Waals surface area contributed by atoms with Crippen LogP contribution in [0, 0.1) is 5.92 Å². The first-order valence-electron chi connectivity index (χ1n) is 6.45. The van der Waals surface area contributed by atoms with Crippen molar-refractivity contribution in [2.75, 3.05) is 7.05 Å². The van der Waals surface area contributed by atoms with Crippen molar-refractivity contribution in [3.63, 3.8) is 0 Å². The smallest absolute Gasteiger partial charge is 0.219 e. The van der Waals surface area contributed by atoms with Gasteiger partial charge < -0.3 is 5.32 Å². The molecule has 1 atom stereocenters. The van der Waals surface area contributed by atoms with Gasteiger partial charge in [0.25, 0.3) is 0 Å². The largest absolute Gasteiger partial charge is 0.359 e. The molecule has 1 unspecified atom stereocenters. The average molecular weight is 213 g/mol. The van der Waals surface area contributed by atoms with E-state index in [1.54, 1.807) is 7.05 Å². The first-order valence-corrected chi connectivity index (χ1v) is 6.45. The normalized spacial score (nSPS) is 12.5. The van der Waals surface area contributed by atoms with Crippen molar-refractivity contribution < 1.29 is 4.79 Å². The van der Waals surface area contributed by atoms with Crippen LogP contribution in [-0.4, -0.2) is 13.0 Å². The molecule has 15 heavy (non-hydrogen) atoms. The van der Waals surface area contributed by atoms with Crippen LogP contribution in [0.4, 0.5) is 0 Å². The summed E-state index contributed by atoms with van der Waals surface area (Å²) in [7, 11) is 1.71. The lowest BCUT2D eigenvalue weighted by Crippen LogP contribution is -2.17. The quantitative estimate of drug-likeness (QED) is 0.624. The first kappa shape index (κ1) is 14.5. The Bertz CT molecular complexity index is 157. The van der Waals surface area contributed by atoms with Gasteiger partial charge in [0.05, 0.1) is 0 Å². The van der Waals surface area contributed by atoms with E-state index in [1.807, 2.05) is 0 Å². The molecule has 0 aliphatic rings. The molecule has 0 bridgehead atoms. The van der Waals surface area contributed by atoms with E-state index in [0.717, 1.165) is 12.3 Å². The molecule has 1 amide bonds. The third kappa shape index (κ3) is 8.46. The highest BCUT2D eigenvalue weighted by atomic mass is 16.1. The maximum Gasteiger partial charge on any atom is 0.219 e. The van der Waals surface area contributed by atoms with E-state index < -0.39 is 0 Å². The highest BCUT2D eigenvalue weighted by molar-refractivity contribution is 5.75. The summed E-state index contributed by atoms with van der Waals surface area (Å²) in [5.74, 6) is 1.03. The van der Waals surface area contributed by atoms with E-state index in [4.69, 9.17) is 0 Å². The molecule has 1 N–H and O–H groups in total. The molecule has 0 aromatic heterocycles. The Morgan fingerprint density at radius 1 is 1.07 bits per heavy atom. The van der Waals surface area contributed by atoms with Crippen LogP contribution < -0.4 is 5.32 Å². The van der Waals surface area contributed by atoms with E-state index in [1.165, 1.54) is 38.5 Å². The minimum absolute atomic E-state index is 0.181. The molecule has 2 heteroatoms. The number of hydrogen-bond donors (Lipinski definition) is 1. The number of rotatable bonds is 9. The highest BCUT2D eigenvalue weighted by Crippen LogP contribution is 2.20. The fraction of sp³-hybridized carbons (Fsp3) is 0.923. The fourth-order valence-electron chi connectivity index (χ4n) is 2.01. The van der Waals surface area contributed by atoms with Gasteiger partial charge in [0.15, 0.2) is 0 Å². The van der Waals surface area contributed by atoms with Gasteiger partial charge in [0.1, 0.15) is 0 Å². The topological polar surface area (TPSA) is 29.1 Å². The van der Waals surface area contributed by atoms with Gasteiger partial charge in [-0.15, -0.1) is 0 Å². The SMILES string of the molecule is CCCCC(CCC)CCCC(=O)NC. The molecular weight excluding hydrogens is 186 g/mol. The number of unbranched alkanes of at least 4 members (excludes halogenated alkanes) is 1. The van der Waals surface area contributed by atoms with Gasteiger partial charge in [-0.1, -0.05) is 46.0 Å². The van der Waals surface area contributed by atoms with Crippen molar-refractivity contribution in [1.82, 2.24) is 5.32 Å². The van der Waals surface area contributed by atoms with Crippen LogP contribution in [0.15, 0.2) is 0 Å². The summed E-state index contributed by atoms with van der Waals surface area (Å²) in [6, 6.07) is 0. The average Bonchev–Trinajstić information content (AvgIpc) is 2.25. The number of carbonyl (C=O) groups excluding carboxylic acids is 1.